The van der Waals surface area contributed by atoms with Gasteiger partial charge in [-0.3, -0.25) is 4.79 Å². The van der Waals surface area contributed by atoms with E-state index in [1.165, 1.54) is 24.3 Å². The quantitative estimate of drug-likeness (QED) is 0.618. The molecule has 0 bridgehead atoms. The second-order valence-corrected chi connectivity index (χ2v) is 6.91. The van der Waals surface area contributed by atoms with Crippen LogP contribution in [0.25, 0.3) is 10.8 Å². The zero-order chi connectivity index (χ0) is 21.0. The molecule has 0 aromatic heterocycles. The van der Waals surface area contributed by atoms with E-state index in [9.17, 15) is 22.4 Å². The Morgan fingerprint density at radius 2 is 1.62 bits per heavy atom. The minimum absolute atomic E-state index is 0.211. The topological polar surface area (TPSA) is 46.3 Å². The van der Waals surface area contributed by atoms with Crippen LogP contribution in [0.3, 0.4) is 0 Å². The second-order valence-electron chi connectivity index (χ2n) is 6.91. The fraction of sp³-hybridized carbons (Fsp3) is 0.227. The highest BCUT2D eigenvalue weighted by atomic mass is 19.4. The first-order valence-electron chi connectivity index (χ1n) is 9.07. The lowest BCUT2D eigenvalue weighted by molar-refractivity contribution is -0.186. The average Bonchev–Trinajstić information content (AvgIpc) is 2.68. The van der Waals surface area contributed by atoms with Gasteiger partial charge in [-0.25, -0.2) is 4.39 Å². The van der Waals surface area contributed by atoms with Gasteiger partial charge < -0.3 is 10.6 Å². The van der Waals surface area contributed by atoms with Crippen LogP contribution in [0.2, 0.25) is 0 Å². The van der Waals surface area contributed by atoms with Crippen LogP contribution in [-0.4, -0.2) is 29.6 Å². The minimum Gasteiger partial charge on any atom is -0.329 e. The molecule has 0 saturated heterocycles. The Morgan fingerprint density at radius 1 is 0.966 bits per heavy atom. The summed E-state index contributed by atoms with van der Waals surface area (Å²) in [4.78, 5) is 12.8. The van der Waals surface area contributed by atoms with Gasteiger partial charge in [-0.05, 0) is 40.5 Å². The van der Waals surface area contributed by atoms with Crippen LogP contribution in [0, 0.1) is 5.82 Å². The van der Waals surface area contributed by atoms with Crippen LogP contribution in [0.5, 0.6) is 0 Å². The van der Waals surface area contributed by atoms with Crippen molar-refractivity contribution >= 4 is 16.7 Å². The molecule has 2 N–H and O–H groups in total. The molecule has 152 valence electrons. The van der Waals surface area contributed by atoms with Crippen molar-refractivity contribution in [2.45, 2.75) is 25.2 Å². The highest BCUT2D eigenvalue weighted by Crippen LogP contribution is 2.24. The number of carbonyl (C=O) groups excluding carboxylic acids is 1. The second kappa shape index (κ2) is 8.61. The number of benzene rings is 3. The molecule has 29 heavy (non-hydrogen) atoms. The van der Waals surface area contributed by atoms with Gasteiger partial charge in [0.05, 0.1) is 0 Å². The Hall–Kier alpha value is -2.93. The van der Waals surface area contributed by atoms with Crippen molar-refractivity contribution < 1.29 is 22.4 Å². The highest BCUT2D eigenvalue weighted by molar-refractivity contribution is 5.87. The van der Waals surface area contributed by atoms with Crippen LogP contribution in [-0.2, 0) is 17.8 Å². The van der Waals surface area contributed by atoms with Crippen molar-refractivity contribution in [1.82, 2.24) is 4.90 Å². The Morgan fingerprint density at radius 3 is 2.31 bits per heavy atom. The summed E-state index contributed by atoms with van der Waals surface area (Å²) in [5.74, 6) is -2.34. The van der Waals surface area contributed by atoms with E-state index < -0.39 is 23.9 Å². The molecule has 0 unspecified atom stereocenters. The van der Waals surface area contributed by atoms with Gasteiger partial charge in [0.15, 0.2) is 0 Å². The van der Waals surface area contributed by atoms with Gasteiger partial charge >= 0.3 is 12.1 Å². The molecule has 1 atom stereocenters. The Labute approximate surface area is 165 Å². The van der Waals surface area contributed by atoms with Crippen molar-refractivity contribution in [2.75, 3.05) is 6.54 Å². The Bertz CT molecular complexity index is 981. The molecule has 7 heteroatoms. The molecule has 0 saturated carbocycles. The number of nitrogens with two attached hydrogens (primary N) is 1. The van der Waals surface area contributed by atoms with Gasteiger partial charge in [-0.15, -0.1) is 0 Å². The molecular formula is C22H20F4N2O. The van der Waals surface area contributed by atoms with Gasteiger partial charge in [0.25, 0.3) is 0 Å². The first-order chi connectivity index (χ1) is 13.7. The van der Waals surface area contributed by atoms with Crippen molar-refractivity contribution in [2.24, 2.45) is 5.73 Å². The predicted molar refractivity (Wildman–Crippen MR) is 103 cm³/mol. The number of carbonyl (C=O) groups is 1. The van der Waals surface area contributed by atoms with Crippen LogP contribution in [0.1, 0.15) is 11.1 Å². The molecular weight excluding hydrogens is 384 g/mol. The van der Waals surface area contributed by atoms with Gasteiger partial charge in [0.1, 0.15) is 5.82 Å². The number of hydrogen-bond donors (Lipinski definition) is 1. The standard InChI is InChI=1S/C22H20F4N2O/c23-18-10-8-15(9-11-18)12-19(27)14-28(21(29)22(24,25)26)13-17-6-3-5-16-4-1-2-7-20(16)17/h1-11,19H,12-14,27H2/t19-/m0/s1. The van der Waals surface area contributed by atoms with E-state index >= 15 is 0 Å². The van der Waals surface area contributed by atoms with E-state index in [0.717, 1.165) is 15.7 Å². The molecule has 0 heterocycles. The van der Waals surface area contributed by atoms with Crippen LogP contribution < -0.4 is 5.73 Å². The molecule has 0 spiro atoms. The highest BCUT2D eigenvalue weighted by Gasteiger charge is 2.42. The van der Waals surface area contributed by atoms with Crippen LogP contribution >= 0.6 is 0 Å². The van der Waals surface area contributed by atoms with Gasteiger partial charge in [-0.1, -0.05) is 54.6 Å². The fourth-order valence-corrected chi connectivity index (χ4v) is 3.31. The summed E-state index contributed by atoms with van der Waals surface area (Å²) in [6.07, 6.45) is -4.78. The lowest BCUT2D eigenvalue weighted by Gasteiger charge is -2.27. The number of fused-ring (bicyclic) bond motifs is 1. The molecule has 3 rings (SSSR count). The summed E-state index contributed by atoms with van der Waals surface area (Å²) in [6.45, 7) is -0.490. The summed E-state index contributed by atoms with van der Waals surface area (Å²) in [5.41, 5.74) is 7.33. The van der Waals surface area contributed by atoms with Crippen LogP contribution in [0.15, 0.2) is 66.7 Å². The van der Waals surface area contributed by atoms with Crippen LogP contribution in [0.4, 0.5) is 17.6 Å². The lowest BCUT2D eigenvalue weighted by Crippen LogP contribution is -2.47. The largest absolute Gasteiger partial charge is 0.471 e. The Balaban J connectivity index is 1.82. The van der Waals surface area contributed by atoms with E-state index in [2.05, 4.69) is 0 Å². The van der Waals surface area contributed by atoms with Gasteiger partial charge in [0.2, 0.25) is 0 Å². The minimum atomic E-state index is -5.00. The van der Waals surface area contributed by atoms with E-state index in [0.29, 0.717) is 11.1 Å². The van der Waals surface area contributed by atoms with E-state index in [1.54, 1.807) is 24.3 Å². The third kappa shape index (κ3) is 5.32. The molecule has 1 amide bonds. The number of amides is 1. The van der Waals surface area contributed by atoms with Gasteiger partial charge in [0, 0.05) is 19.1 Å². The lowest BCUT2D eigenvalue weighted by atomic mass is 10.0. The van der Waals surface area contributed by atoms with Crippen molar-refractivity contribution in [1.29, 1.82) is 0 Å². The molecule has 0 aliphatic rings. The molecule has 3 aromatic carbocycles. The molecule has 3 nitrogen and oxygen atoms in total. The van der Waals surface area contributed by atoms with Gasteiger partial charge in [-0.2, -0.15) is 13.2 Å². The zero-order valence-corrected chi connectivity index (χ0v) is 15.5. The van der Waals surface area contributed by atoms with Crippen molar-refractivity contribution in [3.63, 3.8) is 0 Å². The molecule has 0 radical (unpaired) electrons. The van der Waals surface area contributed by atoms with E-state index in [1.807, 2.05) is 18.2 Å². The van der Waals surface area contributed by atoms with Crippen molar-refractivity contribution in [3.05, 3.63) is 83.7 Å². The number of hydrogen-bond acceptors (Lipinski definition) is 2. The average molecular weight is 404 g/mol. The smallest absolute Gasteiger partial charge is 0.329 e. The maximum atomic E-state index is 13.2. The normalized spacial score (nSPS) is 12.7. The summed E-state index contributed by atoms with van der Waals surface area (Å²) in [6, 6.07) is 17.4. The number of halogens is 4. The summed E-state index contributed by atoms with van der Waals surface area (Å²) >= 11 is 0. The molecule has 3 aromatic rings. The monoisotopic (exact) mass is 404 g/mol. The maximum absolute atomic E-state index is 13.2. The number of rotatable bonds is 6. The third-order valence-electron chi connectivity index (χ3n) is 4.64. The molecule has 0 aliphatic carbocycles. The predicted octanol–water partition coefficient (Wildman–Crippen LogP) is 4.44. The number of nitrogens with zero attached hydrogens (tertiary/aromatic N) is 1. The Kier molecular flexibility index (Phi) is 6.17. The van der Waals surface area contributed by atoms with E-state index in [4.69, 9.17) is 5.73 Å². The first kappa shape index (κ1) is 20.8. The molecule has 0 aliphatic heterocycles. The third-order valence-corrected chi connectivity index (χ3v) is 4.64. The van der Waals surface area contributed by atoms with Crippen molar-refractivity contribution in [3.8, 4) is 0 Å². The summed E-state index contributed by atoms with van der Waals surface area (Å²) in [7, 11) is 0. The van der Waals surface area contributed by atoms with E-state index in [-0.39, 0.29) is 19.5 Å². The fourth-order valence-electron chi connectivity index (χ4n) is 3.31. The first-order valence-corrected chi connectivity index (χ1v) is 9.07. The maximum Gasteiger partial charge on any atom is 0.471 e. The molecule has 0 fully saturated rings. The zero-order valence-electron chi connectivity index (χ0n) is 15.5. The summed E-state index contributed by atoms with van der Waals surface area (Å²) in [5, 5.41) is 1.65. The number of alkyl halides is 3. The SMILES string of the molecule is N[C@@H](Cc1ccc(F)cc1)CN(Cc1cccc2ccccc12)C(=O)C(F)(F)F. The summed E-state index contributed by atoms with van der Waals surface area (Å²) < 4.78 is 52.5.